The van der Waals surface area contributed by atoms with Crippen LogP contribution in [0.25, 0.3) is 0 Å². The van der Waals surface area contributed by atoms with Gasteiger partial charge in [-0.1, -0.05) is 18.2 Å². The zero-order valence-corrected chi connectivity index (χ0v) is 11.0. The van der Waals surface area contributed by atoms with E-state index >= 15 is 0 Å². The number of halogens is 2. The lowest BCUT2D eigenvalue weighted by Gasteiger charge is -2.22. The summed E-state index contributed by atoms with van der Waals surface area (Å²) in [6.45, 7) is 0.390. The zero-order chi connectivity index (χ0) is 14.7. The summed E-state index contributed by atoms with van der Waals surface area (Å²) < 4.78 is 26.9. The number of nitrogens with two attached hydrogens (primary N) is 1. The molecule has 0 aliphatic heterocycles. The van der Waals surface area contributed by atoms with Gasteiger partial charge in [0.2, 0.25) is 0 Å². The lowest BCUT2D eigenvalue weighted by Crippen LogP contribution is -2.23. The molecule has 0 spiro atoms. The van der Waals surface area contributed by atoms with Crippen molar-refractivity contribution in [3.63, 3.8) is 0 Å². The summed E-state index contributed by atoms with van der Waals surface area (Å²) in [6, 6.07) is 10.7. The minimum absolute atomic E-state index is 0.0615. The predicted octanol–water partition coefficient (Wildman–Crippen LogP) is 2.89. The van der Waals surface area contributed by atoms with E-state index in [4.69, 9.17) is 11.1 Å². The predicted molar refractivity (Wildman–Crippen MR) is 75.9 cm³/mol. The lowest BCUT2D eigenvalue weighted by atomic mass is 10.1. The first-order chi connectivity index (χ1) is 9.49. The normalized spacial score (nSPS) is 10.3. The van der Waals surface area contributed by atoms with Gasteiger partial charge in [0.25, 0.3) is 0 Å². The number of hydrogen-bond acceptors (Lipinski definition) is 2. The summed E-state index contributed by atoms with van der Waals surface area (Å²) in [5, 5.41) is 7.48. The average Bonchev–Trinajstić information content (AvgIpc) is 2.37. The van der Waals surface area contributed by atoms with Crippen LogP contribution < -0.4 is 10.6 Å². The fourth-order valence-corrected chi connectivity index (χ4v) is 2.09. The van der Waals surface area contributed by atoms with Gasteiger partial charge in [-0.2, -0.15) is 0 Å². The quantitative estimate of drug-likeness (QED) is 0.666. The molecule has 3 nitrogen and oxygen atoms in total. The highest BCUT2D eigenvalue weighted by molar-refractivity contribution is 6.00. The SMILES string of the molecule is CN(Cc1cccc(F)c1)c1cccc(F)c1C(=N)N. The van der Waals surface area contributed by atoms with Crippen LogP contribution in [0.3, 0.4) is 0 Å². The largest absolute Gasteiger partial charge is 0.384 e. The summed E-state index contributed by atoms with van der Waals surface area (Å²) >= 11 is 0. The van der Waals surface area contributed by atoms with Crippen molar-refractivity contribution in [2.24, 2.45) is 5.73 Å². The molecule has 104 valence electrons. The van der Waals surface area contributed by atoms with E-state index in [0.717, 1.165) is 5.56 Å². The van der Waals surface area contributed by atoms with Gasteiger partial charge in [0.1, 0.15) is 17.5 Å². The Kier molecular flexibility index (Phi) is 3.98. The van der Waals surface area contributed by atoms with Crippen molar-refractivity contribution >= 4 is 11.5 Å². The maximum absolute atomic E-state index is 13.8. The first-order valence-electron chi connectivity index (χ1n) is 6.07. The highest BCUT2D eigenvalue weighted by Crippen LogP contribution is 2.23. The van der Waals surface area contributed by atoms with Gasteiger partial charge in [0, 0.05) is 13.6 Å². The molecule has 0 atom stereocenters. The second kappa shape index (κ2) is 5.69. The van der Waals surface area contributed by atoms with E-state index in [9.17, 15) is 8.78 Å². The third-order valence-electron chi connectivity index (χ3n) is 2.98. The Labute approximate surface area is 116 Å². The molecule has 0 heterocycles. The number of nitrogens with zero attached hydrogens (tertiary/aromatic N) is 1. The van der Waals surface area contributed by atoms with Gasteiger partial charge in [-0.05, 0) is 29.8 Å². The third kappa shape index (κ3) is 2.93. The Bertz CT molecular complexity index is 641. The first kappa shape index (κ1) is 14.0. The third-order valence-corrected chi connectivity index (χ3v) is 2.98. The molecule has 0 fully saturated rings. The van der Waals surface area contributed by atoms with Crippen LogP contribution in [0.2, 0.25) is 0 Å². The van der Waals surface area contributed by atoms with Gasteiger partial charge < -0.3 is 10.6 Å². The molecule has 0 radical (unpaired) electrons. The molecule has 3 N–H and O–H groups in total. The van der Waals surface area contributed by atoms with Crippen LogP contribution in [0.15, 0.2) is 42.5 Å². The van der Waals surface area contributed by atoms with E-state index < -0.39 is 5.82 Å². The summed E-state index contributed by atoms with van der Waals surface area (Å²) in [6.07, 6.45) is 0. The summed E-state index contributed by atoms with van der Waals surface area (Å²) in [5.74, 6) is -1.19. The Morgan fingerprint density at radius 2 is 1.90 bits per heavy atom. The van der Waals surface area contributed by atoms with Gasteiger partial charge >= 0.3 is 0 Å². The van der Waals surface area contributed by atoms with Crippen molar-refractivity contribution in [3.8, 4) is 0 Å². The highest BCUT2D eigenvalue weighted by Gasteiger charge is 2.14. The minimum atomic E-state index is -0.541. The number of amidine groups is 1. The zero-order valence-electron chi connectivity index (χ0n) is 11.0. The maximum Gasteiger partial charge on any atom is 0.136 e. The fraction of sp³-hybridized carbons (Fsp3) is 0.133. The Hall–Kier alpha value is -2.43. The molecule has 0 bridgehead atoms. The number of rotatable bonds is 4. The molecule has 20 heavy (non-hydrogen) atoms. The molecule has 2 aromatic rings. The van der Waals surface area contributed by atoms with Gasteiger partial charge in [-0.15, -0.1) is 0 Å². The van der Waals surface area contributed by atoms with E-state index in [2.05, 4.69) is 0 Å². The number of benzene rings is 2. The van der Waals surface area contributed by atoms with E-state index in [1.54, 1.807) is 36.2 Å². The molecule has 0 unspecified atom stereocenters. The molecule has 0 aromatic heterocycles. The Balaban J connectivity index is 2.32. The summed E-state index contributed by atoms with van der Waals surface area (Å²) in [7, 11) is 1.74. The average molecular weight is 275 g/mol. The molecule has 0 aliphatic carbocycles. The molecule has 2 rings (SSSR count). The van der Waals surface area contributed by atoms with Crippen LogP contribution in [0.4, 0.5) is 14.5 Å². The fourth-order valence-electron chi connectivity index (χ4n) is 2.09. The van der Waals surface area contributed by atoms with Crippen LogP contribution in [0, 0.1) is 17.0 Å². The molecule has 5 heteroatoms. The number of anilines is 1. The molecule has 0 amide bonds. The Morgan fingerprint density at radius 3 is 2.55 bits per heavy atom. The second-order valence-corrected chi connectivity index (χ2v) is 4.53. The summed E-state index contributed by atoms with van der Waals surface area (Å²) in [4.78, 5) is 1.73. The number of hydrogen-bond donors (Lipinski definition) is 2. The van der Waals surface area contributed by atoms with Crippen molar-refractivity contribution in [1.29, 1.82) is 5.41 Å². The minimum Gasteiger partial charge on any atom is -0.384 e. The van der Waals surface area contributed by atoms with Crippen molar-refractivity contribution in [1.82, 2.24) is 0 Å². The number of nitrogens with one attached hydrogen (secondary N) is 1. The van der Waals surface area contributed by atoms with Crippen LogP contribution in [-0.2, 0) is 6.54 Å². The van der Waals surface area contributed by atoms with Crippen molar-refractivity contribution in [3.05, 3.63) is 65.2 Å². The lowest BCUT2D eigenvalue weighted by molar-refractivity contribution is 0.622. The topological polar surface area (TPSA) is 53.1 Å². The molecule has 0 saturated carbocycles. The van der Waals surface area contributed by atoms with Gasteiger partial charge in [0.05, 0.1) is 11.3 Å². The number of nitrogen functional groups attached to an aromatic ring is 1. The molecule has 0 aliphatic rings. The maximum atomic E-state index is 13.8. The highest BCUT2D eigenvalue weighted by atomic mass is 19.1. The van der Waals surface area contributed by atoms with E-state index in [-0.39, 0.29) is 17.2 Å². The van der Waals surface area contributed by atoms with Gasteiger partial charge in [-0.25, -0.2) is 8.78 Å². The first-order valence-corrected chi connectivity index (χ1v) is 6.07. The van der Waals surface area contributed by atoms with E-state index in [1.807, 2.05) is 0 Å². The van der Waals surface area contributed by atoms with Gasteiger partial charge in [0.15, 0.2) is 0 Å². The Morgan fingerprint density at radius 1 is 1.20 bits per heavy atom. The molecule has 2 aromatic carbocycles. The van der Waals surface area contributed by atoms with E-state index in [0.29, 0.717) is 12.2 Å². The van der Waals surface area contributed by atoms with Crippen molar-refractivity contribution < 1.29 is 8.78 Å². The summed E-state index contributed by atoms with van der Waals surface area (Å²) in [5.41, 5.74) is 6.75. The standard InChI is InChI=1S/C15H15F2N3/c1-20(9-10-4-2-5-11(16)8-10)13-7-3-6-12(17)14(13)15(18)19/h2-8H,9H2,1H3,(H3,18,19). The van der Waals surface area contributed by atoms with Crippen molar-refractivity contribution in [2.75, 3.05) is 11.9 Å². The smallest absolute Gasteiger partial charge is 0.136 e. The van der Waals surface area contributed by atoms with Crippen molar-refractivity contribution in [2.45, 2.75) is 6.54 Å². The van der Waals surface area contributed by atoms with Crippen LogP contribution in [-0.4, -0.2) is 12.9 Å². The molecule has 0 saturated heterocycles. The van der Waals surface area contributed by atoms with E-state index in [1.165, 1.54) is 18.2 Å². The van der Waals surface area contributed by atoms with Gasteiger partial charge in [-0.3, -0.25) is 5.41 Å². The molecular formula is C15H15F2N3. The monoisotopic (exact) mass is 275 g/mol. The van der Waals surface area contributed by atoms with Crippen LogP contribution >= 0.6 is 0 Å². The van der Waals surface area contributed by atoms with Crippen LogP contribution in [0.1, 0.15) is 11.1 Å². The van der Waals surface area contributed by atoms with Crippen LogP contribution in [0.5, 0.6) is 0 Å². The molecular weight excluding hydrogens is 260 g/mol. The second-order valence-electron chi connectivity index (χ2n) is 4.53.